The lowest BCUT2D eigenvalue weighted by atomic mass is 9.94. The SMILES string of the molecule is CCOC(=O)C(C)(C)c1nc(-c2ccncc2)no1. The van der Waals surface area contributed by atoms with Crippen LogP contribution in [0.5, 0.6) is 0 Å². The van der Waals surface area contributed by atoms with E-state index in [1.165, 1.54) is 0 Å². The highest BCUT2D eigenvalue weighted by molar-refractivity contribution is 5.80. The first kappa shape index (κ1) is 13.2. The molecule has 2 aromatic rings. The second-order valence-corrected chi connectivity index (χ2v) is 4.50. The van der Waals surface area contributed by atoms with Gasteiger partial charge in [-0.2, -0.15) is 4.98 Å². The maximum absolute atomic E-state index is 11.9. The molecule has 2 heterocycles. The number of aromatic nitrogens is 3. The van der Waals surface area contributed by atoms with Crippen molar-refractivity contribution in [1.29, 1.82) is 0 Å². The molecule has 0 radical (unpaired) electrons. The Morgan fingerprint density at radius 3 is 2.68 bits per heavy atom. The normalized spacial score (nSPS) is 11.3. The van der Waals surface area contributed by atoms with E-state index >= 15 is 0 Å². The smallest absolute Gasteiger partial charge is 0.321 e. The zero-order valence-corrected chi connectivity index (χ0v) is 11.1. The summed E-state index contributed by atoms with van der Waals surface area (Å²) >= 11 is 0. The summed E-state index contributed by atoms with van der Waals surface area (Å²) in [5.41, 5.74) is -0.182. The second kappa shape index (κ2) is 5.17. The quantitative estimate of drug-likeness (QED) is 0.783. The van der Waals surface area contributed by atoms with Gasteiger partial charge in [-0.15, -0.1) is 0 Å². The van der Waals surface area contributed by atoms with E-state index in [0.717, 1.165) is 5.56 Å². The fourth-order valence-electron chi connectivity index (χ4n) is 1.49. The fourth-order valence-corrected chi connectivity index (χ4v) is 1.49. The van der Waals surface area contributed by atoms with Crippen LogP contribution in [0.25, 0.3) is 11.4 Å². The van der Waals surface area contributed by atoms with Crippen LogP contribution < -0.4 is 0 Å². The Kier molecular flexibility index (Phi) is 3.59. The zero-order chi connectivity index (χ0) is 13.9. The van der Waals surface area contributed by atoms with Crippen molar-refractivity contribution in [2.24, 2.45) is 0 Å². The summed E-state index contributed by atoms with van der Waals surface area (Å²) in [6.45, 7) is 5.45. The highest BCUT2D eigenvalue weighted by Gasteiger charge is 2.37. The Morgan fingerprint density at radius 2 is 2.05 bits per heavy atom. The van der Waals surface area contributed by atoms with Gasteiger partial charge in [0.05, 0.1) is 6.61 Å². The Labute approximate surface area is 110 Å². The molecule has 0 saturated heterocycles. The largest absolute Gasteiger partial charge is 0.465 e. The molecule has 19 heavy (non-hydrogen) atoms. The highest BCUT2D eigenvalue weighted by atomic mass is 16.5. The molecular formula is C13H15N3O3. The van der Waals surface area contributed by atoms with Crippen LogP contribution in [0.2, 0.25) is 0 Å². The molecular weight excluding hydrogens is 246 g/mol. The lowest BCUT2D eigenvalue weighted by Gasteiger charge is -2.16. The van der Waals surface area contributed by atoms with E-state index in [0.29, 0.717) is 12.4 Å². The number of carbonyl (C=O) groups excluding carboxylic acids is 1. The van der Waals surface area contributed by atoms with E-state index in [4.69, 9.17) is 9.26 Å². The van der Waals surface area contributed by atoms with Crippen LogP contribution in [-0.2, 0) is 14.9 Å². The van der Waals surface area contributed by atoms with Crippen molar-refractivity contribution in [3.8, 4) is 11.4 Å². The Morgan fingerprint density at radius 1 is 1.37 bits per heavy atom. The van der Waals surface area contributed by atoms with Gasteiger partial charge in [0.2, 0.25) is 11.7 Å². The van der Waals surface area contributed by atoms with Crippen molar-refractivity contribution in [2.75, 3.05) is 6.61 Å². The summed E-state index contributed by atoms with van der Waals surface area (Å²) in [6, 6.07) is 3.54. The number of pyridine rings is 1. The number of nitrogens with zero attached hydrogens (tertiary/aromatic N) is 3. The van der Waals surface area contributed by atoms with Crippen LogP contribution in [0.3, 0.4) is 0 Å². The first-order valence-corrected chi connectivity index (χ1v) is 5.97. The van der Waals surface area contributed by atoms with E-state index in [1.807, 2.05) is 0 Å². The molecule has 100 valence electrons. The summed E-state index contributed by atoms with van der Waals surface area (Å²) in [7, 11) is 0. The molecule has 0 fully saturated rings. The molecule has 2 aromatic heterocycles. The number of hydrogen-bond acceptors (Lipinski definition) is 6. The van der Waals surface area contributed by atoms with E-state index in [-0.39, 0.29) is 11.9 Å². The van der Waals surface area contributed by atoms with Gasteiger partial charge in [0, 0.05) is 18.0 Å². The lowest BCUT2D eigenvalue weighted by molar-refractivity contribution is -0.149. The molecule has 0 amide bonds. The molecule has 0 bridgehead atoms. The van der Waals surface area contributed by atoms with E-state index in [1.54, 1.807) is 45.3 Å². The monoisotopic (exact) mass is 261 g/mol. The number of rotatable bonds is 4. The maximum atomic E-state index is 11.9. The molecule has 0 saturated carbocycles. The predicted octanol–water partition coefficient (Wildman–Crippen LogP) is 1.97. The highest BCUT2D eigenvalue weighted by Crippen LogP contribution is 2.25. The molecule has 6 nitrogen and oxygen atoms in total. The standard InChI is InChI=1S/C13H15N3O3/c1-4-18-12(17)13(2,3)11-15-10(16-19-11)9-5-7-14-8-6-9/h5-8H,4H2,1-3H3. The molecule has 0 atom stereocenters. The van der Waals surface area contributed by atoms with Gasteiger partial charge in [-0.3, -0.25) is 9.78 Å². The fraction of sp³-hybridized carbons (Fsp3) is 0.385. The van der Waals surface area contributed by atoms with Gasteiger partial charge >= 0.3 is 5.97 Å². The third kappa shape index (κ3) is 2.62. The summed E-state index contributed by atoms with van der Waals surface area (Å²) in [5.74, 6) is 0.271. The second-order valence-electron chi connectivity index (χ2n) is 4.50. The average molecular weight is 261 g/mol. The van der Waals surface area contributed by atoms with Gasteiger partial charge < -0.3 is 9.26 Å². The van der Waals surface area contributed by atoms with Crippen LogP contribution in [0.1, 0.15) is 26.7 Å². The van der Waals surface area contributed by atoms with Gasteiger partial charge in [0.15, 0.2) is 0 Å². The molecule has 0 aromatic carbocycles. The van der Waals surface area contributed by atoms with Crippen molar-refractivity contribution < 1.29 is 14.1 Å². The third-order valence-corrected chi connectivity index (χ3v) is 2.68. The number of esters is 1. The van der Waals surface area contributed by atoms with Gasteiger partial charge in [-0.25, -0.2) is 0 Å². The van der Waals surface area contributed by atoms with Gasteiger partial charge in [0.25, 0.3) is 0 Å². The molecule has 0 aliphatic heterocycles. The number of carbonyl (C=O) groups is 1. The van der Waals surface area contributed by atoms with Gasteiger partial charge in [-0.1, -0.05) is 5.16 Å². The van der Waals surface area contributed by atoms with Crippen molar-refractivity contribution in [3.05, 3.63) is 30.4 Å². The van der Waals surface area contributed by atoms with E-state index in [2.05, 4.69) is 15.1 Å². The molecule has 0 spiro atoms. The van der Waals surface area contributed by atoms with Crippen molar-refractivity contribution in [1.82, 2.24) is 15.1 Å². The molecule has 0 aliphatic rings. The Bertz CT molecular complexity index is 564. The van der Waals surface area contributed by atoms with Gasteiger partial charge in [-0.05, 0) is 32.9 Å². The third-order valence-electron chi connectivity index (χ3n) is 2.68. The van der Waals surface area contributed by atoms with Crippen LogP contribution in [0, 0.1) is 0 Å². The molecule has 6 heteroatoms. The van der Waals surface area contributed by atoms with Crippen LogP contribution in [-0.4, -0.2) is 27.7 Å². The predicted molar refractivity (Wildman–Crippen MR) is 67.2 cm³/mol. The minimum atomic E-state index is -0.964. The minimum absolute atomic E-state index is 0.234. The number of hydrogen-bond donors (Lipinski definition) is 0. The van der Waals surface area contributed by atoms with Crippen molar-refractivity contribution in [3.63, 3.8) is 0 Å². The maximum Gasteiger partial charge on any atom is 0.321 e. The summed E-state index contributed by atoms with van der Waals surface area (Å²) in [6.07, 6.45) is 3.28. The van der Waals surface area contributed by atoms with Crippen LogP contribution >= 0.6 is 0 Å². The first-order chi connectivity index (χ1) is 9.05. The minimum Gasteiger partial charge on any atom is -0.465 e. The molecule has 2 rings (SSSR count). The lowest BCUT2D eigenvalue weighted by Crippen LogP contribution is -2.31. The van der Waals surface area contributed by atoms with Crippen molar-refractivity contribution in [2.45, 2.75) is 26.2 Å². The van der Waals surface area contributed by atoms with Gasteiger partial charge in [0.1, 0.15) is 5.41 Å². The topological polar surface area (TPSA) is 78.1 Å². The molecule has 0 unspecified atom stereocenters. The van der Waals surface area contributed by atoms with Crippen LogP contribution in [0.4, 0.5) is 0 Å². The molecule has 0 aliphatic carbocycles. The van der Waals surface area contributed by atoms with Crippen LogP contribution in [0.15, 0.2) is 29.0 Å². The zero-order valence-electron chi connectivity index (χ0n) is 11.1. The first-order valence-electron chi connectivity index (χ1n) is 5.97. The van der Waals surface area contributed by atoms with E-state index in [9.17, 15) is 4.79 Å². The van der Waals surface area contributed by atoms with E-state index < -0.39 is 5.41 Å². The van der Waals surface area contributed by atoms with Crippen molar-refractivity contribution >= 4 is 5.97 Å². The summed E-state index contributed by atoms with van der Waals surface area (Å²) in [4.78, 5) is 20.0. The number of ether oxygens (including phenoxy) is 1. The summed E-state index contributed by atoms with van der Waals surface area (Å²) in [5, 5.41) is 3.87. The molecule has 0 N–H and O–H groups in total. The Hall–Kier alpha value is -2.24. The average Bonchev–Trinajstić information content (AvgIpc) is 2.90. The summed E-state index contributed by atoms with van der Waals surface area (Å²) < 4.78 is 10.2. The Balaban J connectivity index is 2.28.